The van der Waals surface area contributed by atoms with Crippen molar-refractivity contribution in [1.82, 2.24) is 4.90 Å². The van der Waals surface area contributed by atoms with Crippen molar-refractivity contribution in [3.05, 3.63) is 69.6 Å². The summed E-state index contributed by atoms with van der Waals surface area (Å²) in [6.45, 7) is 4.48. The molecular formula is C21H22N2O4. The Morgan fingerprint density at radius 3 is 2.56 bits per heavy atom. The average Bonchev–Trinajstić information content (AvgIpc) is 2.57. The highest BCUT2D eigenvalue weighted by Gasteiger charge is 2.13. The Labute approximate surface area is 157 Å². The largest absolute Gasteiger partial charge is 0.508 e. The first-order valence-electron chi connectivity index (χ1n) is 8.64. The number of aryl methyl sites for hydroxylation is 2. The number of carbonyl (C=O) groups excluding carboxylic acids is 1. The summed E-state index contributed by atoms with van der Waals surface area (Å²) >= 11 is 0. The minimum atomic E-state index is -0.489. The van der Waals surface area contributed by atoms with Gasteiger partial charge in [-0.3, -0.25) is 9.69 Å². The first kappa shape index (κ1) is 18.7. The molecule has 6 heteroatoms. The highest BCUT2D eigenvalue weighted by Crippen LogP contribution is 2.23. The Bertz CT molecular complexity index is 1040. The van der Waals surface area contributed by atoms with E-state index in [1.165, 1.54) is 12.1 Å². The maximum Gasteiger partial charge on any atom is 0.336 e. The molecule has 0 radical (unpaired) electrons. The van der Waals surface area contributed by atoms with Crippen LogP contribution in [0, 0.1) is 13.8 Å². The van der Waals surface area contributed by atoms with Crippen molar-refractivity contribution in [2.45, 2.75) is 20.4 Å². The lowest BCUT2D eigenvalue weighted by atomic mass is 10.1. The quantitative estimate of drug-likeness (QED) is 0.678. The van der Waals surface area contributed by atoms with E-state index in [1.807, 2.05) is 44.0 Å². The number of hydrogen-bond acceptors (Lipinski definition) is 5. The zero-order valence-corrected chi connectivity index (χ0v) is 15.6. The predicted molar refractivity (Wildman–Crippen MR) is 105 cm³/mol. The lowest BCUT2D eigenvalue weighted by Gasteiger charge is -2.18. The number of carbonyl (C=O) groups is 1. The third kappa shape index (κ3) is 4.35. The smallest absolute Gasteiger partial charge is 0.336 e. The second kappa shape index (κ2) is 7.63. The van der Waals surface area contributed by atoms with Crippen LogP contribution in [0.15, 0.2) is 51.7 Å². The van der Waals surface area contributed by atoms with Gasteiger partial charge in [0.25, 0.3) is 0 Å². The van der Waals surface area contributed by atoms with Crippen LogP contribution in [0.4, 0.5) is 5.69 Å². The number of benzene rings is 2. The normalized spacial score (nSPS) is 11.1. The standard InChI is InChI=1S/C21H22N2O4/c1-13-5-4-6-14(2)21(13)22-19(25)12-23(3)11-15-9-20(26)27-18-10-16(24)7-8-17(15)18/h4-10,24H,11-12H2,1-3H3,(H,22,25). The lowest BCUT2D eigenvalue weighted by Crippen LogP contribution is -2.30. The van der Waals surface area contributed by atoms with Gasteiger partial charge in [-0.1, -0.05) is 18.2 Å². The fourth-order valence-corrected chi connectivity index (χ4v) is 3.13. The summed E-state index contributed by atoms with van der Waals surface area (Å²) in [6, 6.07) is 11.9. The van der Waals surface area contributed by atoms with Gasteiger partial charge < -0.3 is 14.8 Å². The molecule has 0 bridgehead atoms. The Morgan fingerprint density at radius 1 is 1.15 bits per heavy atom. The van der Waals surface area contributed by atoms with Crippen molar-refractivity contribution >= 4 is 22.6 Å². The average molecular weight is 366 g/mol. The third-order valence-corrected chi connectivity index (χ3v) is 4.41. The van der Waals surface area contributed by atoms with Gasteiger partial charge >= 0.3 is 5.63 Å². The molecule has 0 saturated carbocycles. The van der Waals surface area contributed by atoms with Crippen molar-refractivity contribution in [3.63, 3.8) is 0 Å². The topological polar surface area (TPSA) is 82.8 Å². The Kier molecular flexibility index (Phi) is 5.28. The molecule has 2 N–H and O–H groups in total. The number of phenolic OH excluding ortho intramolecular Hbond substituents is 1. The number of para-hydroxylation sites is 1. The van der Waals surface area contributed by atoms with Crippen molar-refractivity contribution < 1.29 is 14.3 Å². The van der Waals surface area contributed by atoms with Crippen LogP contribution in [0.25, 0.3) is 11.0 Å². The van der Waals surface area contributed by atoms with Crippen LogP contribution in [0.1, 0.15) is 16.7 Å². The van der Waals surface area contributed by atoms with Crippen LogP contribution in [0.5, 0.6) is 5.75 Å². The van der Waals surface area contributed by atoms with E-state index in [1.54, 1.807) is 12.1 Å². The predicted octanol–water partition coefficient (Wildman–Crippen LogP) is 3.19. The minimum absolute atomic E-state index is 0.0316. The number of nitrogens with one attached hydrogen (secondary N) is 1. The number of rotatable bonds is 5. The van der Waals surface area contributed by atoms with E-state index in [4.69, 9.17) is 4.42 Å². The molecule has 2 aromatic carbocycles. The number of phenols is 1. The summed E-state index contributed by atoms with van der Waals surface area (Å²) in [5.41, 5.74) is 3.43. The minimum Gasteiger partial charge on any atom is -0.508 e. The maximum atomic E-state index is 12.4. The summed E-state index contributed by atoms with van der Waals surface area (Å²) in [7, 11) is 1.81. The highest BCUT2D eigenvalue weighted by molar-refractivity contribution is 5.93. The van der Waals surface area contributed by atoms with Crippen LogP contribution in [-0.2, 0) is 11.3 Å². The first-order chi connectivity index (χ1) is 12.8. The number of hydrogen-bond donors (Lipinski definition) is 2. The van der Waals surface area contributed by atoms with Gasteiger partial charge in [0.05, 0.1) is 6.54 Å². The molecular weight excluding hydrogens is 344 g/mol. The number of nitrogens with zero attached hydrogens (tertiary/aromatic N) is 1. The summed E-state index contributed by atoms with van der Waals surface area (Å²) in [5, 5.41) is 13.3. The van der Waals surface area contributed by atoms with E-state index in [0.717, 1.165) is 27.8 Å². The molecule has 0 spiro atoms. The molecule has 3 rings (SSSR count). The summed E-state index contributed by atoms with van der Waals surface area (Å²) in [6.07, 6.45) is 0. The summed E-state index contributed by atoms with van der Waals surface area (Å²) in [4.78, 5) is 26.0. The van der Waals surface area contributed by atoms with Gasteiger partial charge in [-0.05, 0) is 49.7 Å². The van der Waals surface area contributed by atoms with E-state index >= 15 is 0 Å². The molecule has 1 amide bonds. The van der Waals surface area contributed by atoms with E-state index in [0.29, 0.717) is 12.1 Å². The van der Waals surface area contributed by atoms with Gasteiger partial charge in [-0.15, -0.1) is 0 Å². The Hall–Kier alpha value is -3.12. The number of anilines is 1. The van der Waals surface area contributed by atoms with E-state index in [9.17, 15) is 14.7 Å². The molecule has 0 fully saturated rings. The van der Waals surface area contributed by atoms with E-state index < -0.39 is 5.63 Å². The summed E-state index contributed by atoms with van der Waals surface area (Å²) in [5.74, 6) is -0.0936. The molecule has 3 aromatic rings. The molecule has 1 aromatic heterocycles. The van der Waals surface area contributed by atoms with Crippen molar-refractivity contribution in [2.75, 3.05) is 18.9 Å². The lowest BCUT2D eigenvalue weighted by molar-refractivity contribution is -0.117. The second-order valence-corrected chi connectivity index (χ2v) is 6.76. The first-order valence-corrected chi connectivity index (χ1v) is 8.64. The van der Waals surface area contributed by atoms with Crippen LogP contribution in [0.3, 0.4) is 0 Å². The van der Waals surface area contributed by atoms with Crippen molar-refractivity contribution in [3.8, 4) is 5.75 Å². The van der Waals surface area contributed by atoms with Crippen LogP contribution >= 0.6 is 0 Å². The van der Waals surface area contributed by atoms with E-state index in [-0.39, 0.29) is 18.2 Å². The molecule has 0 saturated heterocycles. The molecule has 0 aliphatic heterocycles. The van der Waals surface area contributed by atoms with E-state index in [2.05, 4.69) is 5.32 Å². The van der Waals surface area contributed by atoms with Crippen molar-refractivity contribution in [2.24, 2.45) is 0 Å². The molecule has 1 heterocycles. The van der Waals surface area contributed by atoms with Crippen molar-refractivity contribution in [1.29, 1.82) is 0 Å². The molecule has 0 aliphatic rings. The number of amides is 1. The fraction of sp³-hybridized carbons (Fsp3) is 0.238. The van der Waals surface area contributed by atoms with Gasteiger partial charge in [0.2, 0.25) is 5.91 Å². The Morgan fingerprint density at radius 2 is 1.85 bits per heavy atom. The molecule has 0 aliphatic carbocycles. The Balaban J connectivity index is 1.74. The number of likely N-dealkylation sites (N-methyl/N-ethyl adjacent to an activating group) is 1. The van der Waals surface area contributed by atoms with Gasteiger partial charge in [0, 0.05) is 29.8 Å². The van der Waals surface area contributed by atoms with Gasteiger partial charge in [-0.2, -0.15) is 0 Å². The zero-order chi connectivity index (χ0) is 19.6. The van der Waals surface area contributed by atoms with Gasteiger partial charge in [0.1, 0.15) is 11.3 Å². The number of fused-ring (bicyclic) bond motifs is 1. The third-order valence-electron chi connectivity index (χ3n) is 4.41. The fourth-order valence-electron chi connectivity index (χ4n) is 3.13. The van der Waals surface area contributed by atoms with Crippen LogP contribution in [-0.4, -0.2) is 29.5 Å². The second-order valence-electron chi connectivity index (χ2n) is 6.76. The molecule has 6 nitrogen and oxygen atoms in total. The van der Waals surface area contributed by atoms with Crippen LogP contribution in [0.2, 0.25) is 0 Å². The molecule has 0 unspecified atom stereocenters. The molecule has 140 valence electrons. The summed E-state index contributed by atoms with van der Waals surface area (Å²) < 4.78 is 5.14. The SMILES string of the molecule is Cc1cccc(C)c1NC(=O)CN(C)Cc1cc(=O)oc2cc(O)ccc12. The monoisotopic (exact) mass is 366 g/mol. The molecule has 27 heavy (non-hydrogen) atoms. The number of aromatic hydroxyl groups is 1. The molecule has 0 atom stereocenters. The van der Waals surface area contributed by atoms with Crippen LogP contribution < -0.4 is 10.9 Å². The maximum absolute atomic E-state index is 12.4. The van der Waals surface area contributed by atoms with Gasteiger partial charge in [0.15, 0.2) is 0 Å². The highest BCUT2D eigenvalue weighted by atomic mass is 16.4. The zero-order valence-electron chi connectivity index (χ0n) is 15.6. The van der Waals surface area contributed by atoms with Gasteiger partial charge in [-0.25, -0.2) is 4.79 Å².